The van der Waals surface area contributed by atoms with E-state index in [9.17, 15) is 37.9 Å². The van der Waals surface area contributed by atoms with Gasteiger partial charge < -0.3 is 9.84 Å². The van der Waals surface area contributed by atoms with E-state index in [0.29, 0.717) is 10.5 Å². The van der Waals surface area contributed by atoms with Crippen LogP contribution in [0.25, 0.3) is 0 Å². The number of hydrogen-bond acceptors (Lipinski definition) is 7. The first-order chi connectivity index (χ1) is 19.4. The van der Waals surface area contributed by atoms with Gasteiger partial charge >= 0.3 is 6.09 Å². The van der Waals surface area contributed by atoms with Crippen LogP contribution in [0.1, 0.15) is 24.3 Å². The number of rotatable bonds is 2. The van der Waals surface area contributed by atoms with Gasteiger partial charge in [0, 0.05) is 5.92 Å². The smallest absolute Gasteiger partial charge is 0.423 e. The molecule has 2 aromatic rings. The number of aromatic hydroxyl groups is 1. The summed E-state index contributed by atoms with van der Waals surface area (Å²) >= 11 is 14.3. The normalized spacial score (nSPS) is 32.5. The minimum atomic E-state index is -2.26. The average Bonchev–Trinajstić information content (AvgIpc) is 3.28. The van der Waals surface area contributed by atoms with E-state index in [0.717, 1.165) is 36.3 Å². The lowest BCUT2D eigenvalue weighted by Crippen LogP contribution is -2.60. The summed E-state index contributed by atoms with van der Waals surface area (Å²) in [5, 5.41) is 9.84. The molecule has 9 nitrogen and oxygen atoms in total. The maximum absolute atomic E-state index is 14.7. The summed E-state index contributed by atoms with van der Waals surface area (Å²) in [6, 6.07) is 7.83. The lowest BCUT2D eigenvalue weighted by Gasteiger charge is -2.50. The average molecular weight is 605 g/mol. The molecule has 5 amide bonds. The molecule has 2 heterocycles. The van der Waals surface area contributed by atoms with Gasteiger partial charge in [-0.2, -0.15) is 4.90 Å². The van der Waals surface area contributed by atoms with Gasteiger partial charge in [0.25, 0.3) is 11.8 Å². The van der Waals surface area contributed by atoms with Gasteiger partial charge in [-0.15, -0.1) is 23.2 Å². The van der Waals surface area contributed by atoms with Gasteiger partial charge in [-0.25, -0.2) is 18.5 Å². The minimum Gasteiger partial charge on any atom is -0.505 e. The van der Waals surface area contributed by atoms with Crippen LogP contribution in [-0.4, -0.2) is 56.6 Å². The van der Waals surface area contributed by atoms with Crippen LogP contribution in [0.5, 0.6) is 5.75 Å². The minimum absolute atomic E-state index is 0.00898. The van der Waals surface area contributed by atoms with Crippen LogP contribution >= 0.6 is 23.2 Å². The Morgan fingerprint density at radius 2 is 1.68 bits per heavy atom. The number of halogens is 4. The number of carbonyl (C=O) groups is 5. The van der Waals surface area contributed by atoms with E-state index >= 15 is 0 Å². The molecule has 1 N–H and O–H groups in total. The fraction of sp³-hybridized carbons (Fsp3) is 0.321. The molecule has 13 heteroatoms. The molecule has 1 saturated carbocycles. The number of fused-ring (bicyclic) bond motifs is 4. The molecule has 0 radical (unpaired) electrons. The number of nitrogens with zero attached hydrogens (tertiary/aromatic N) is 2. The van der Waals surface area contributed by atoms with E-state index in [4.69, 9.17) is 23.2 Å². The lowest BCUT2D eigenvalue weighted by atomic mass is 9.56. The van der Waals surface area contributed by atoms with Crippen LogP contribution in [0.4, 0.5) is 19.3 Å². The monoisotopic (exact) mass is 604 g/mol. The molecule has 2 saturated heterocycles. The highest BCUT2D eigenvalue weighted by Gasteiger charge is 2.76. The maximum atomic E-state index is 14.7. The van der Waals surface area contributed by atoms with Crippen molar-refractivity contribution in [3.63, 3.8) is 0 Å². The molecule has 212 valence electrons. The number of anilines is 1. The van der Waals surface area contributed by atoms with Crippen molar-refractivity contribution in [2.45, 2.75) is 28.5 Å². The molecule has 0 bridgehead atoms. The van der Waals surface area contributed by atoms with Crippen molar-refractivity contribution in [3.8, 4) is 5.75 Å². The molecule has 6 rings (SSSR count). The zero-order valence-corrected chi connectivity index (χ0v) is 22.7. The van der Waals surface area contributed by atoms with Crippen molar-refractivity contribution in [3.05, 3.63) is 71.3 Å². The van der Waals surface area contributed by atoms with E-state index in [-0.39, 0.29) is 24.1 Å². The van der Waals surface area contributed by atoms with Crippen LogP contribution in [0.2, 0.25) is 0 Å². The first-order valence-corrected chi connectivity index (χ1v) is 13.3. The second kappa shape index (κ2) is 9.09. The molecule has 2 aromatic carbocycles. The zero-order valence-electron chi connectivity index (χ0n) is 21.1. The first kappa shape index (κ1) is 27.3. The van der Waals surface area contributed by atoms with Crippen molar-refractivity contribution < 1.29 is 42.6 Å². The molecular formula is C28H20Cl2F2N2O7. The molecule has 6 atom stereocenters. The van der Waals surface area contributed by atoms with Crippen molar-refractivity contribution in [2.24, 2.45) is 17.8 Å². The molecule has 41 heavy (non-hydrogen) atoms. The summed E-state index contributed by atoms with van der Waals surface area (Å²) in [4.78, 5) is 63.7. The number of methoxy groups -OCH3 is 1. The van der Waals surface area contributed by atoms with Crippen LogP contribution in [0.3, 0.4) is 0 Å². The second-order valence-corrected chi connectivity index (χ2v) is 11.7. The van der Waals surface area contributed by atoms with Crippen LogP contribution in [-0.2, 0) is 23.9 Å². The second-order valence-electron chi connectivity index (χ2n) is 10.4. The Morgan fingerprint density at radius 1 is 1.00 bits per heavy atom. The summed E-state index contributed by atoms with van der Waals surface area (Å²) in [5.41, 5.74) is 0.432. The van der Waals surface area contributed by atoms with E-state index in [2.05, 4.69) is 4.74 Å². The number of allylic oxidation sites excluding steroid dienone is 2. The number of amides is 5. The number of phenolic OH excluding ortho intramolecular Hbond substituents is 1. The SMILES string of the molecule is COC(=O)N1C(=O)[C@H]2[C@H](CC=C3[C@H]2C[C@@]2(Cl)C(=O)N(c4ccc(F)cc4)C(=O)[C@@]2(Cl)[C@H]3c2ccc(O)c(F)c2)C1=O. The molecule has 0 unspecified atom stereocenters. The van der Waals surface area contributed by atoms with Crippen LogP contribution in [0, 0.1) is 29.4 Å². The fourth-order valence-electron chi connectivity index (χ4n) is 6.75. The molecular weight excluding hydrogens is 585 g/mol. The number of ether oxygens (including phenoxy) is 1. The summed E-state index contributed by atoms with van der Waals surface area (Å²) in [7, 11) is 1.02. The number of carbonyl (C=O) groups excluding carboxylic acids is 5. The highest BCUT2D eigenvalue weighted by molar-refractivity contribution is 6.58. The predicted molar refractivity (Wildman–Crippen MR) is 139 cm³/mol. The topological polar surface area (TPSA) is 121 Å². The van der Waals surface area contributed by atoms with Gasteiger partial charge in [0.05, 0.1) is 24.6 Å². The van der Waals surface area contributed by atoms with Crippen molar-refractivity contribution in [1.29, 1.82) is 0 Å². The molecule has 2 aliphatic carbocycles. The van der Waals surface area contributed by atoms with Gasteiger partial charge in [0.2, 0.25) is 11.8 Å². The fourth-order valence-corrected chi connectivity index (χ4v) is 7.68. The van der Waals surface area contributed by atoms with E-state index in [1.54, 1.807) is 6.08 Å². The Hall–Kier alpha value is -3.83. The van der Waals surface area contributed by atoms with E-state index in [1.165, 1.54) is 18.2 Å². The first-order valence-electron chi connectivity index (χ1n) is 12.5. The molecule has 0 spiro atoms. The summed E-state index contributed by atoms with van der Waals surface area (Å²) in [5.74, 6) is -10.2. The van der Waals surface area contributed by atoms with Gasteiger partial charge in [-0.1, -0.05) is 17.7 Å². The molecule has 3 fully saturated rings. The highest BCUT2D eigenvalue weighted by Crippen LogP contribution is 2.65. The quantitative estimate of drug-likeness (QED) is 0.312. The molecule has 4 aliphatic rings. The van der Waals surface area contributed by atoms with Crippen molar-refractivity contribution in [2.75, 3.05) is 12.0 Å². The van der Waals surface area contributed by atoms with Gasteiger partial charge in [-0.3, -0.25) is 19.2 Å². The number of hydrogen-bond donors (Lipinski definition) is 1. The summed E-state index contributed by atoms with van der Waals surface area (Å²) in [6.45, 7) is 0. The summed E-state index contributed by atoms with van der Waals surface area (Å²) < 4.78 is 33.0. The number of likely N-dealkylation sites (tertiary alicyclic amines) is 1. The molecule has 0 aromatic heterocycles. The number of benzene rings is 2. The number of alkyl halides is 2. The van der Waals surface area contributed by atoms with Gasteiger partial charge in [-0.05, 0) is 60.7 Å². The standard InChI is InChI=1S/C28H20Cl2F2N2O7/c1-41-26(40)34-22(36)16-8-7-15-17(20(16)23(34)37)11-27(29)24(38)33(14-5-3-13(31)4-6-14)25(39)28(27,30)21(15)12-2-9-19(35)18(32)10-12/h2-7,9-10,16-17,20-21,35H,8,11H2,1H3/t16-,17+,20-,21-,27+,28-/m0/s1. The van der Waals surface area contributed by atoms with Crippen molar-refractivity contribution in [1.82, 2.24) is 4.90 Å². The third-order valence-electron chi connectivity index (χ3n) is 8.56. The third-order valence-corrected chi connectivity index (χ3v) is 9.97. The van der Waals surface area contributed by atoms with E-state index in [1.807, 2.05) is 0 Å². The van der Waals surface area contributed by atoms with Crippen LogP contribution < -0.4 is 4.90 Å². The van der Waals surface area contributed by atoms with Gasteiger partial charge in [0.1, 0.15) is 5.82 Å². The van der Waals surface area contributed by atoms with Crippen LogP contribution in [0.15, 0.2) is 54.1 Å². The Morgan fingerprint density at radius 3 is 2.32 bits per heavy atom. The van der Waals surface area contributed by atoms with Gasteiger partial charge in [0.15, 0.2) is 21.3 Å². The Kier molecular flexibility index (Phi) is 6.06. The molecule has 2 aliphatic heterocycles. The summed E-state index contributed by atoms with van der Waals surface area (Å²) in [6.07, 6.45) is 0.0493. The maximum Gasteiger partial charge on any atom is 0.423 e. The third kappa shape index (κ3) is 3.48. The number of phenols is 1. The van der Waals surface area contributed by atoms with Crippen molar-refractivity contribution >= 4 is 58.6 Å². The zero-order chi connectivity index (χ0) is 29.6. The largest absolute Gasteiger partial charge is 0.505 e. The Labute approximate surface area is 241 Å². The Balaban J connectivity index is 1.56. The highest BCUT2D eigenvalue weighted by atomic mass is 35.5. The van der Waals surface area contributed by atoms with E-state index < -0.39 is 80.5 Å². The lowest BCUT2D eigenvalue weighted by molar-refractivity contribution is -0.138. The number of imide groups is 4. The Bertz CT molecular complexity index is 1600. The predicted octanol–water partition coefficient (Wildman–Crippen LogP) is 4.00.